The van der Waals surface area contributed by atoms with Crippen molar-refractivity contribution >= 4 is 40.7 Å². The number of nitrogens with zero attached hydrogens (tertiary/aromatic N) is 2. The summed E-state index contributed by atoms with van der Waals surface area (Å²) in [4.78, 5) is 29.0. The third-order valence-corrected chi connectivity index (χ3v) is 6.21. The highest BCUT2D eigenvalue weighted by Gasteiger charge is 2.43. The van der Waals surface area contributed by atoms with E-state index in [1.807, 2.05) is 17.0 Å². The first-order valence-corrected chi connectivity index (χ1v) is 9.98. The van der Waals surface area contributed by atoms with Gasteiger partial charge in [0.15, 0.2) is 11.5 Å². The molecule has 8 heteroatoms. The maximum absolute atomic E-state index is 13.1. The standard InChI is InChI=1S/C21H20Cl2N2O4/c1-28-18-7-12-5-6-24(11-13(12)8-19(18)29-2)17-10-20(26)25(21(17)27)14-3-4-15(22)16(23)9-14/h3-4,7-9,17H,5-6,10-11H2,1-2H3/t17-/m1/s1. The molecule has 6 nitrogen and oxygen atoms in total. The molecule has 2 aromatic rings. The number of benzene rings is 2. The van der Waals surface area contributed by atoms with Crippen LogP contribution in [0, 0.1) is 0 Å². The summed E-state index contributed by atoms with van der Waals surface area (Å²) in [6.45, 7) is 1.25. The Balaban J connectivity index is 1.58. The lowest BCUT2D eigenvalue weighted by atomic mass is 9.97. The molecule has 0 radical (unpaired) electrons. The zero-order chi connectivity index (χ0) is 20.7. The lowest BCUT2D eigenvalue weighted by Crippen LogP contribution is -2.44. The highest BCUT2D eigenvalue weighted by molar-refractivity contribution is 6.42. The smallest absolute Gasteiger partial charge is 0.251 e. The minimum absolute atomic E-state index is 0.141. The number of anilines is 1. The predicted octanol–water partition coefficient (Wildman–Crippen LogP) is 3.70. The van der Waals surface area contributed by atoms with Crippen LogP contribution in [0.15, 0.2) is 30.3 Å². The largest absolute Gasteiger partial charge is 0.493 e. The van der Waals surface area contributed by atoms with E-state index in [1.54, 1.807) is 32.4 Å². The molecule has 0 aliphatic carbocycles. The van der Waals surface area contributed by atoms with Crippen LogP contribution >= 0.6 is 23.2 Å². The molecule has 1 fully saturated rings. The average molecular weight is 435 g/mol. The molecule has 2 aromatic carbocycles. The Morgan fingerprint density at radius 2 is 1.66 bits per heavy atom. The first kappa shape index (κ1) is 20.0. The Kier molecular flexibility index (Phi) is 5.42. The summed E-state index contributed by atoms with van der Waals surface area (Å²) < 4.78 is 10.8. The van der Waals surface area contributed by atoms with Crippen LogP contribution in [0.1, 0.15) is 17.5 Å². The third-order valence-electron chi connectivity index (χ3n) is 5.47. The van der Waals surface area contributed by atoms with E-state index in [0.29, 0.717) is 40.3 Å². The van der Waals surface area contributed by atoms with Gasteiger partial charge in [-0.1, -0.05) is 23.2 Å². The van der Waals surface area contributed by atoms with Crippen molar-refractivity contribution in [2.75, 3.05) is 25.7 Å². The zero-order valence-electron chi connectivity index (χ0n) is 16.1. The Labute approximate surface area is 178 Å². The van der Waals surface area contributed by atoms with Gasteiger partial charge in [-0.25, -0.2) is 4.90 Å². The lowest BCUT2D eigenvalue weighted by molar-refractivity contribution is -0.123. The summed E-state index contributed by atoms with van der Waals surface area (Å²) in [5.74, 6) is 0.866. The Morgan fingerprint density at radius 1 is 0.966 bits per heavy atom. The molecule has 2 aliphatic heterocycles. The molecule has 29 heavy (non-hydrogen) atoms. The fraction of sp³-hybridized carbons (Fsp3) is 0.333. The van der Waals surface area contributed by atoms with E-state index in [-0.39, 0.29) is 18.2 Å². The van der Waals surface area contributed by atoms with Crippen molar-refractivity contribution in [3.05, 3.63) is 51.5 Å². The molecule has 2 amide bonds. The number of halogens is 2. The fourth-order valence-corrected chi connectivity index (χ4v) is 4.26. The van der Waals surface area contributed by atoms with Crippen LogP contribution in [0.3, 0.4) is 0 Å². The molecule has 0 unspecified atom stereocenters. The van der Waals surface area contributed by atoms with Gasteiger partial charge in [-0.05, 0) is 47.9 Å². The van der Waals surface area contributed by atoms with Gasteiger partial charge in [0.05, 0.1) is 42.4 Å². The van der Waals surface area contributed by atoms with Crippen LogP contribution in [-0.2, 0) is 22.6 Å². The van der Waals surface area contributed by atoms with Crippen molar-refractivity contribution in [2.24, 2.45) is 0 Å². The first-order chi connectivity index (χ1) is 13.9. The number of carbonyl (C=O) groups is 2. The van der Waals surface area contributed by atoms with Gasteiger partial charge in [-0.2, -0.15) is 0 Å². The molecular formula is C21H20Cl2N2O4. The number of hydrogen-bond donors (Lipinski definition) is 0. The summed E-state index contributed by atoms with van der Waals surface area (Å²) in [5.41, 5.74) is 2.68. The lowest BCUT2D eigenvalue weighted by Gasteiger charge is -2.32. The van der Waals surface area contributed by atoms with Gasteiger partial charge < -0.3 is 9.47 Å². The molecule has 0 aromatic heterocycles. The van der Waals surface area contributed by atoms with Crippen LogP contribution in [0.2, 0.25) is 10.0 Å². The van der Waals surface area contributed by atoms with Gasteiger partial charge >= 0.3 is 0 Å². The van der Waals surface area contributed by atoms with E-state index in [0.717, 1.165) is 17.5 Å². The number of hydrogen-bond acceptors (Lipinski definition) is 5. The quantitative estimate of drug-likeness (QED) is 0.686. The normalized spacial score (nSPS) is 19.4. The summed E-state index contributed by atoms with van der Waals surface area (Å²) in [6.07, 6.45) is 0.905. The van der Waals surface area contributed by atoms with E-state index in [1.165, 1.54) is 4.90 Å². The second-order valence-electron chi connectivity index (χ2n) is 7.08. The molecule has 0 spiro atoms. The van der Waals surface area contributed by atoms with Gasteiger partial charge in [-0.3, -0.25) is 14.5 Å². The SMILES string of the molecule is COc1cc2c(cc1OC)CN([C@@H]1CC(=O)N(c3ccc(Cl)c(Cl)c3)C1=O)CC2. The fourth-order valence-electron chi connectivity index (χ4n) is 3.97. The van der Waals surface area contributed by atoms with Gasteiger partial charge in [0.2, 0.25) is 5.91 Å². The number of amides is 2. The average Bonchev–Trinajstić information content (AvgIpc) is 3.02. The molecule has 1 atom stereocenters. The molecule has 1 saturated heterocycles. The van der Waals surface area contributed by atoms with Gasteiger partial charge in [-0.15, -0.1) is 0 Å². The minimum Gasteiger partial charge on any atom is -0.493 e. The van der Waals surface area contributed by atoms with Crippen molar-refractivity contribution in [1.82, 2.24) is 4.90 Å². The number of carbonyl (C=O) groups excluding carboxylic acids is 2. The summed E-state index contributed by atoms with van der Waals surface area (Å²) >= 11 is 12.0. The van der Waals surface area contributed by atoms with Crippen LogP contribution in [0.25, 0.3) is 0 Å². The Hall–Kier alpha value is -2.28. The van der Waals surface area contributed by atoms with Crippen LogP contribution in [-0.4, -0.2) is 43.5 Å². The van der Waals surface area contributed by atoms with E-state index in [4.69, 9.17) is 32.7 Å². The minimum atomic E-state index is -0.502. The summed E-state index contributed by atoms with van der Waals surface area (Å²) in [7, 11) is 3.21. The van der Waals surface area contributed by atoms with Crippen LogP contribution in [0.4, 0.5) is 5.69 Å². The van der Waals surface area contributed by atoms with Gasteiger partial charge in [0, 0.05) is 13.1 Å². The van der Waals surface area contributed by atoms with E-state index >= 15 is 0 Å². The molecule has 0 saturated carbocycles. The van der Waals surface area contributed by atoms with Gasteiger partial charge in [0.25, 0.3) is 5.91 Å². The maximum atomic E-state index is 13.1. The molecule has 0 N–H and O–H groups in total. The predicted molar refractivity (Wildman–Crippen MR) is 111 cm³/mol. The molecule has 2 heterocycles. The molecular weight excluding hydrogens is 415 g/mol. The highest BCUT2D eigenvalue weighted by atomic mass is 35.5. The number of rotatable bonds is 4. The van der Waals surface area contributed by atoms with Crippen LogP contribution in [0.5, 0.6) is 11.5 Å². The monoisotopic (exact) mass is 434 g/mol. The topological polar surface area (TPSA) is 59.1 Å². The van der Waals surface area contributed by atoms with E-state index in [9.17, 15) is 9.59 Å². The van der Waals surface area contributed by atoms with Crippen molar-refractivity contribution in [3.8, 4) is 11.5 Å². The van der Waals surface area contributed by atoms with E-state index in [2.05, 4.69) is 0 Å². The molecule has 4 rings (SSSR count). The highest BCUT2D eigenvalue weighted by Crippen LogP contribution is 2.36. The Bertz CT molecular complexity index is 995. The number of methoxy groups -OCH3 is 2. The van der Waals surface area contributed by atoms with Crippen molar-refractivity contribution in [2.45, 2.75) is 25.4 Å². The molecule has 0 bridgehead atoms. The maximum Gasteiger partial charge on any atom is 0.251 e. The van der Waals surface area contributed by atoms with E-state index < -0.39 is 6.04 Å². The van der Waals surface area contributed by atoms with Crippen molar-refractivity contribution in [3.63, 3.8) is 0 Å². The third kappa shape index (κ3) is 3.56. The Morgan fingerprint density at radius 3 is 2.31 bits per heavy atom. The molecule has 152 valence electrons. The van der Waals surface area contributed by atoms with Crippen molar-refractivity contribution in [1.29, 1.82) is 0 Å². The summed E-state index contributed by atoms with van der Waals surface area (Å²) in [6, 6.07) is 8.19. The number of ether oxygens (including phenoxy) is 2. The molecule has 2 aliphatic rings. The van der Waals surface area contributed by atoms with Crippen LogP contribution < -0.4 is 14.4 Å². The van der Waals surface area contributed by atoms with Crippen molar-refractivity contribution < 1.29 is 19.1 Å². The second-order valence-corrected chi connectivity index (χ2v) is 7.90. The second kappa shape index (κ2) is 7.86. The first-order valence-electron chi connectivity index (χ1n) is 9.22. The number of fused-ring (bicyclic) bond motifs is 1. The zero-order valence-corrected chi connectivity index (χ0v) is 17.6. The summed E-state index contributed by atoms with van der Waals surface area (Å²) in [5, 5.41) is 0.684. The number of imide groups is 1. The van der Waals surface area contributed by atoms with Gasteiger partial charge in [0.1, 0.15) is 0 Å².